The van der Waals surface area contributed by atoms with Crippen molar-refractivity contribution in [1.29, 1.82) is 10.8 Å². The van der Waals surface area contributed by atoms with Gasteiger partial charge in [-0.3, -0.25) is 0 Å². The van der Waals surface area contributed by atoms with Crippen molar-refractivity contribution in [1.82, 2.24) is 0 Å². The lowest BCUT2D eigenvalue weighted by Gasteiger charge is -2.11. The van der Waals surface area contributed by atoms with Gasteiger partial charge in [-0.05, 0) is 28.3 Å². The van der Waals surface area contributed by atoms with Gasteiger partial charge in [0.25, 0.3) is 0 Å². The SMILES string of the molecule is C1=Cc2cccc3cccc(c23)C1.C1CCCCC1.N=C=O.N=C=O. The first-order chi connectivity index (χ1) is 12.3. The van der Waals surface area contributed by atoms with Crippen LogP contribution < -0.4 is 0 Å². The molecule has 1 saturated carbocycles. The minimum absolute atomic E-state index is 0.750. The molecular weight excluding hydrogens is 312 g/mol. The van der Waals surface area contributed by atoms with Gasteiger partial charge in [-0.15, -0.1) is 0 Å². The highest BCUT2D eigenvalue weighted by molar-refractivity contribution is 5.94. The summed E-state index contributed by atoms with van der Waals surface area (Å²) < 4.78 is 0. The van der Waals surface area contributed by atoms with Crippen LogP contribution in [0, 0.1) is 10.8 Å². The summed E-state index contributed by atoms with van der Waals surface area (Å²) in [6, 6.07) is 13.0. The van der Waals surface area contributed by atoms with Crippen LogP contribution in [0.15, 0.2) is 42.5 Å². The molecule has 0 amide bonds. The Morgan fingerprint density at radius 2 is 1.24 bits per heavy atom. The van der Waals surface area contributed by atoms with E-state index in [1.54, 1.807) is 0 Å². The van der Waals surface area contributed by atoms with Crippen LogP contribution in [0.1, 0.15) is 49.7 Å². The molecule has 4 nitrogen and oxygen atoms in total. The molecule has 2 aromatic rings. The number of rotatable bonds is 0. The first-order valence-corrected chi connectivity index (χ1v) is 8.53. The Balaban J connectivity index is 0.000000218. The average Bonchev–Trinajstić information content (AvgIpc) is 2.66. The number of benzene rings is 2. The molecular formula is C21H24N2O2. The lowest BCUT2D eigenvalue weighted by molar-refractivity contribution is 0.504. The minimum atomic E-state index is 0.750. The molecule has 2 aliphatic carbocycles. The van der Waals surface area contributed by atoms with Crippen molar-refractivity contribution in [2.24, 2.45) is 0 Å². The zero-order valence-electron chi connectivity index (χ0n) is 14.4. The van der Waals surface area contributed by atoms with Gasteiger partial charge in [0.1, 0.15) is 0 Å². The maximum absolute atomic E-state index is 8.35. The highest BCUT2D eigenvalue weighted by Gasteiger charge is 2.06. The molecule has 0 radical (unpaired) electrons. The third-order valence-corrected chi connectivity index (χ3v) is 4.16. The summed E-state index contributed by atoms with van der Waals surface area (Å²) in [6.45, 7) is 0. The largest absolute Gasteiger partial charge is 0.231 e. The summed E-state index contributed by atoms with van der Waals surface area (Å²) in [5.41, 5.74) is 2.81. The molecule has 2 aromatic carbocycles. The zero-order valence-corrected chi connectivity index (χ0v) is 14.4. The Hall–Kier alpha value is -2.80. The normalized spacial score (nSPS) is 13.4. The first-order valence-electron chi connectivity index (χ1n) is 8.53. The summed E-state index contributed by atoms with van der Waals surface area (Å²) in [5.74, 6) is 0. The van der Waals surface area contributed by atoms with Crippen LogP contribution in [0.2, 0.25) is 0 Å². The molecule has 1 fully saturated rings. The van der Waals surface area contributed by atoms with Crippen molar-refractivity contribution >= 4 is 29.0 Å². The smallest absolute Gasteiger partial charge is 0.222 e. The van der Waals surface area contributed by atoms with Crippen molar-refractivity contribution in [3.63, 3.8) is 0 Å². The summed E-state index contributed by atoms with van der Waals surface area (Å²) in [5, 5.41) is 13.6. The summed E-state index contributed by atoms with van der Waals surface area (Å²) >= 11 is 0. The van der Waals surface area contributed by atoms with Crippen LogP contribution in [0.5, 0.6) is 0 Å². The highest BCUT2D eigenvalue weighted by atomic mass is 16.1. The second-order valence-electron chi connectivity index (χ2n) is 5.79. The molecule has 4 rings (SSSR count). The van der Waals surface area contributed by atoms with Gasteiger partial charge in [-0.2, -0.15) is 0 Å². The Bertz CT molecular complexity index is 721. The van der Waals surface area contributed by atoms with Gasteiger partial charge >= 0.3 is 0 Å². The molecule has 0 atom stereocenters. The predicted molar refractivity (Wildman–Crippen MR) is 101 cm³/mol. The summed E-state index contributed by atoms with van der Waals surface area (Å²) in [6.07, 6.45) is 16.0. The van der Waals surface area contributed by atoms with Crippen LogP contribution in [-0.4, -0.2) is 12.2 Å². The Morgan fingerprint density at radius 3 is 1.76 bits per heavy atom. The lowest BCUT2D eigenvalue weighted by atomic mass is 9.93. The lowest BCUT2D eigenvalue weighted by Crippen LogP contribution is -1.91. The molecule has 0 aliphatic heterocycles. The van der Waals surface area contributed by atoms with E-state index in [9.17, 15) is 0 Å². The van der Waals surface area contributed by atoms with E-state index < -0.39 is 0 Å². The quantitative estimate of drug-likeness (QED) is 0.488. The third-order valence-electron chi connectivity index (χ3n) is 4.16. The molecule has 0 bridgehead atoms. The predicted octanol–water partition coefficient (Wildman–Crippen LogP) is 5.55. The second kappa shape index (κ2) is 12.6. The van der Waals surface area contributed by atoms with Crippen molar-refractivity contribution in [3.05, 3.63) is 53.6 Å². The molecule has 4 heteroatoms. The number of allylic oxidation sites excluding steroid dienone is 1. The number of carbonyl (C=O) groups excluding carboxylic acids is 2. The Morgan fingerprint density at radius 1 is 0.760 bits per heavy atom. The molecule has 0 heterocycles. The molecule has 2 N–H and O–H groups in total. The van der Waals surface area contributed by atoms with E-state index in [0.717, 1.165) is 18.6 Å². The van der Waals surface area contributed by atoms with Gasteiger partial charge in [-0.1, -0.05) is 87.1 Å². The topological polar surface area (TPSA) is 81.8 Å². The van der Waals surface area contributed by atoms with E-state index in [-0.39, 0.29) is 0 Å². The fourth-order valence-corrected chi connectivity index (χ4v) is 3.13. The Labute approximate surface area is 148 Å². The van der Waals surface area contributed by atoms with Gasteiger partial charge in [0.2, 0.25) is 12.2 Å². The fourth-order valence-electron chi connectivity index (χ4n) is 3.13. The number of nitrogens with one attached hydrogen (secondary N) is 2. The minimum Gasteiger partial charge on any atom is -0.222 e. The van der Waals surface area contributed by atoms with E-state index in [1.807, 2.05) is 0 Å². The number of isocyanates is 2. The molecule has 130 valence electrons. The van der Waals surface area contributed by atoms with Crippen LogP contribution in [0.4, 0.5) is 0 Å². The van der Waals surface area contributed by atoms with Crippen molar-refractivity contribution in [2.45, 2.75) is 44.9 Å². The molecule has 25 heavy (non-hydrogen) atoms. The molecule has 0 saturated heterocycles. The maximum Gasteiger partial charge on any atom is 0.231 e. The van der Waals surface area contributed by atoms with Gasteiger partial charge in [0.05, 0.1) is 0 Å². The van der Waals surface area contributed by atoms with Gasteiger partial charge < -0.3 is 0 Å². The van der Waals surface area contributed by atoms with Crippen molar-refractivity contribution < 1.29 is 9.59 Å². The monoisotopic (exact) mass is 336 g/mol. The molecule has 2 aliphatic rings. The molecule has 0 spiro atoms. The molecule has 0 aromatic heterocycles. The fraction of sp³-hybridized carbons (Fsp3) is 0.333. The number of hydrogen-bond acceptors (Lipinski definition) is 4. The highest BCUT2D eigenvalue weighted by Crippen LogP contribution is 2.27. The zero-order chi connectivity index (χ0) is 18.3. The van der Waals surface area contributed by atoms with E-state index in [0.29, 0.717) is 0 Å². The van der Waals surface area contributed by atoms with E-state index >= 15 is 0 Å². The third kappa shape index (κ3) is 7.09. The van der Waals surface area contributed by atoms with Crippen LogP contribution in [0.25, 0.3) is 16.8 Å². The summed E-state index contributed by atoms with van der Waals surface area (Å²) in [4.78, 5) is 16.7. The average molecular weight is 336 g/mol. The van der Waals surface area contributed by atoms with Crippen molar-refractivity contribution in [2.75, 3.05) is 0 Å². The molecule has 0 unspecified atom stereocenters. The van der Waals surface area contributed by atoms with E-state index in [1.165, 1.54) is 60.4 Å². The number of hydrogen-bond donors (Lipinski definition) is 2. The Kier molecular flexibility index (Phi) is 10.2. The van der Waals surface area contributed by atoms with Crippen molar-refractivity contribution in [3.8, 4) is 0 Å². The first kappa shape index (κ1) is 20.2. The van der Waals surface area contributed by atoms with Crippen LogP contribution in [0.3, 0.4) is 0 Å². The standard InChI is InChI=1S/C13H10.C6H12.2CHNO/c1-4-10-6-2-8-12-9-3-7-11(5-1)13(10)12;1-2-4-6-5-3-1;2*2-1-3/h1-8H,9H2;1-6H2;2*2H. The summed E-state index contributed by atoms with van der Waals surface area (Å²) in [7, 11) is 0. The van der Waals surface area contributed by atoms with Gasteiger partial charge in [-0.25, -0.2) is 20.4 Å². The van der Waals surface area contributed by atoms with Crippen LogP contribution >= 0.6 is 0 Å². The van der Waals surface area contributed by atoms with E-state index in [2.05, 4.69) is 48.6 Å². The maximum atomic E-state index is 8.35. The van der Waals surface area contributed by atoms with E-state index in [4.69, 9.17) is 20.4 Å². The van der Waals surface area contributed by atoms with Crippen LogP contribution in [-0.2, 0) is 16.0 Å². The van der Waals surface area contributed by atoms with Gasteiger partial charge in [0.15, 0.2) is 0 Å². The second-order valence-corrected chi connectivity index (χ2v) is 5.79. The van der Waals surface area contributed by atoms with Gasteiger partial charge in [0, 0.05) is 0 Å².